The smallest absolute Gasteiger partial charge is 0.251 e. The van der Waals surface area contributed by atoms with E-state index >= 15 is 0 Å². The van der Waals surface area contributed by atoms with E-state index in [9.17, 15) is 4.79 Å². The van der Waals surface area contributed by atoms with Crippen molar-refractivity contribution >= 4 is 33.4 Å². The van der Waals surface area contributed by atoms with Crippen LogP contribution in [-0.2, 0) is 0 Å². The molecule has 0 radical (unpaired) electrons. The number of rotatable bonds is 4. The Morgan fingerprint density at radius 1 is 1.50 bits per heavy atom. The molecule has 1 aromatic rings. The van der Waals surface area contributed by atoms with Crippen molar-refractivity contribution in [1.82, 2.24) is 5.32 Å². The molecule has 0 saturated heterocycles. The lowest BCUT2D eigenvalue weighted by Gasteiger charge is -2.10. The molecule has 1 unspecified atom stereocenters. The van der Waals surface area contributed by atoms with Crippen molar-refractivity contribution in [2.24, 2.45) is 5.92 Å². The molecule has 2 nitrogen and oxygen atoms in total. The number of hydrogen-bond donors (Lipinski definition) is 1. The number of amides is 1. The lowest BCUT2D eigenvalue weighted by molar-refractivity contribution is 0.0948. The van der Waals surface area contributed by atoms with Crippen LogP contribution in [0.5, 0.6) is 0 Å². The lowest BCUT2D eigenvalue weighted by Crippen LogP contribution is -2.28. The van der Waals surface area contributed by atoms with Crippen LogP contribution in [0.2, 0.25) is 5.02 Å². The molecule has 0 bridgehead atoms. The second-order valence-electron chi connectivity index (χ2n) is 3.88. The molecule has 0 aliphatic heterocycles. The Hall–Kier alpha value is -0.540. The first-order chi connectivity index (χ1) is 7.52. The van der Waals surface area contributed by atoms with Gasteiger partial charge in [0, 0.05) is 21.6 Å². The minimum atomic E-state index is -0.0801. The molecule has 1 N–H and O–H groups in total. The quantitative estimate of drug-likeness (QED) is 0.898. The highest BCUT2D eigenvalue weighted by atomic mass is 79.9. The van der Waals surface area contributed by atoms with Crippen LogP contribution in [0, 0.1) is 5.92 Å². The fourth-order valence-corrected chi connectivity index (χ4v) is 2.06. The predicted molar refractivity (Wildman–Crippen MR) is 70.9 cm³/mol. The summed E-state index contributed by atoms with van der Waals surface area (Å²) in [6.45, 7) is 4.90. The van der Waals surface area contributed by atoms with Crippen LogP contribution in [0.4, 0.5) is 0 Å². The molecule has 0 aliphatic rings. The van der Waals surface area contributed by atoms with Gasteiger partial charge in [0.15, 0.2) is 0 Å². The molecule has 1 rings (SSSR count). The predicted octanol–water partition coefficient (Wildman–Crippen LogP) is 3.88. The van der Waals surface area contributed by atoms with Gasteiger partial charge in [-0.1, -0.05) is 47.8 Å². The van der Waals surface area contributed by atoms with Crippen LogP contribution in [0.1, 0.15) is 30.6 Å². The van der Waals surface area contributed by atoms with Crippen LogP contribution in [0.25, 0.3) is 0 Å². The van der Waals surface area contributed by atoms with E-state index in [0.717, 1.165) is 10.9 Å². The van der Waals surface area contributed by atoms with Gasteiger partial charge in [0.1, 0.15) is 0 Å². The van der Waals surface area contributed by atoms with Gasteiger partial charge in [-0.3, -0.25) is 4.79 Å². The van der Waals surface area contributed by atoms with E-state index in [1.54, 1.807) is 18.2 Å². The van der Waals surface area contributed by atoms with Crippen molar-refractivity contribution in [2.75, 3.05) is 6.54 Å². The SMILES string of the molecule is CCC(C)CNC(=O)c1cc(Cl)cc(Br)c1. The highest BCUT2D eigenvalue weighted by Gasteiger charge is 2.08. The molecule has 0 fully saturated rings. The van der Waals surface area contributed by atoms with Gasteiger partial charge in [0.2, 0.25) is 0 Å². The number of halogens is 2. The van der Waals surface area contributed by atoms with Crippen molar-refractivity contribution in [3.8, 4) is 0 Å². The number of nitrogens with one attached hydrogen (secondary N) is 1. The molecule has 0 aromatic heterocycles. The summed E-state index contributed by atoms with van der Waals surface area (Å²) < 4.78 is 0.814. The largest absolute Gasteiger partial charge is 0.352 e. The van der Waals surface area contributed by atoms with Crippen LogP contribution >= 0.6 is 27.5 Å². The molecule has 16 heavy (non-hydrogen) atoms. The molecule has 4 heteroatoms. The molecule has 0 spiro atoms. The van der Waals surface area contributed by atoms with Crippen molar-refractivity contribution in [3.63, 3.8) is 0 Å². The van der Waals surface area contributed by atoms with E-state index in [4.69, 9.17) is 11.6 Å². The first kappa shape index (κ1) is 13.5. The number of benzene rings is 1. The van der Waals surface area contributed by atoms with Gasteiger partial charge >= 0.3 is 0 Å². The Labute approximate surface area is 110 Å². The summed E-state index contributed by atoms with van der Waals surface area (Å²) in [4.78, 5) is 11.8. The summed E-state index contributed by atoms with van der Waals surface area (Å²) >= 11 is 9.18. The normalized spacial score (nSPS) is 12.2. The van der Waals surface area contributed by atoms with Crippen LogP contribution in [0.15, 0.2) is 22.7 Å². The Morgan fingerprint density at radius 2 is 2.19 bits per heavy atom. The molecule has 1 amide bonds. The minimum Gasteiger partial charge on any atom is -0.352 e. The third-order valence-electron chi connectivity index (χ3n) is 2.43. The van der Waals surface area contributed by atoms with Gasteiger partial charge in [0.25, 0.3) is 5.91 Å². The average Bonchev–Trinajstić information content (AvgIpc) is 2.23. The van der Waals surface area contributed by atoms with E-state index in [1.807, 2.05) is 0 Å². The third-order valence-corrected chi connectivity index (χ3v) is 3.11. The fraction of sp³-hybridized carbons (Fsp3) is 0.417. The first-order valence-electron chi connectivity index (χ1n) is 5.27. The standard InChI is InChI=1S/C12H15BrClNO/c1-3-8(2)7-15-12(16)9-4-10(13)6-11(14)5-9/h4-6,8H,3,7H2,1-2H3,(H,15,16). The summed E-state index contributed by atoms with van der Waals surface area (Å²) in [7, 11) is 0. The van der Waals surface area contributed by atoms with Crippen molar-refractivity contribution < 1.29 is 4.79 Å². The third kappa shape index (κ3) is 4.14. The second kappa shape index (κ2) is 6.26. The maximum atomic E-state index is 11.8. The Morgan fingerprint density at radius 3 is 2.75 bits per heavy atom. The van der Waals surface area contributed by atoms with Crippen LogP contribution < -0.4 is 5.32 Å². The van der Waals surface area contributed by atoms with Crippen molar-refractivity contribution in [3.05, 3.63) is 33.3 Å². The van der Waals surface area contributed by atoms with Gasteiger partial charge in [-0.2, -0.15) is 0 Å². The van der Waals surface area contributed by atoms with Gasteiger partial charge in [-0.15, -0.1) is 0 Å². The summed E-state index contributed by atoms with van der Waals surface area (Å²) in [6, 6.07) is 5.18. The van der Waals surface area contributed by atoms with E-state index in [-0.39, 0.29) is 5.91 Å². The van der Waals surface area contributed by atoms with E-state index in [0.29, 0.717) is 23.0 Å². The Bertz CT molecular complexity index is 361. The highest BCUT2D eigenvalue weighted by Crippen LogP contribution is 2.19. The summed E-state index contributed by atoms with van der Waals surface area (Å²) in [5, 5.41) is 3.44. The molecule has 1 aromatic carbocycles. The molecule has 0 saturated carbocycles. The lowest BCUT2D eigenvalue weighted by atomic mass is 10.1. The monoisotopic (exact) mass is 303 g/mol. The second-order valence-corrected chi connectivity index (χ2v) is 5.23. The van der Waals surface area contributed by atoms with Crippen LogP contribution in [-0.4, -0.2) is 12.5 Å². The zero-order valence-corrected chi connectivity index (χ0v) is 11.7. The molecule has 0 aliphatic carbocycles. The fourth-order valence-electron chi connectivity index (χ4n) is 1.20. The van der Waals surface area contributed by atoms with Crippen molar-refractivity contribution in [2.45, 2.75) is 20.3 Å². The van der Waals surface area contributed by atoms with E-state index < -0.39 is 0 Å². The zero-order valence-electron chi connectivity index (χ0n) is 9.39. The zero-order chi connectivity index (χ0) is 12.1. The molecule has 1 atom stereocenters. The average molecular weight is 305 g/mol. The summed E-state index contributed by atoms with van der Waals surface area (Å²) in [5.41, 5.74) is 0.586. The van der Waals surface area contributed by atoms with Gasteiger partial charge in [-0.05, 0) is 24.1 Å². The van der Waals surface area contributed by atoms with Crippen molar-refractivity contribution in [1.29, 1.82) is 0 Å². The molecular weight excluding hydrogens is 289 g/mol. The van der Waals surface area contributed by atoms with Gasteiger partial charge in [-0.25, -0.2) is 0 Å². The summed E-state index contributed by atoms with van der Waals surface area (Å²) in [6.07, 6.45) is 1.06. The van der Waals surface area contributed by atoms with E-state index in [1.165, 1.54) is 0 Å². The Kier molecular flexibility index (Phi) is 5.29. The first-order valence-corrected chi connectivity index (χ1v) is 6.44. The Balaban J connectivity index is 2.66. The van der Waals surface area contributed by atoms with Gasteiger partial charge in [0.05, 0.1) is 0 Å². The number of carbonyl (C=O) groups excluding carboxylic acids is 1. The molecule has 88 valence electrons. The number of hydrogen-bond acceptors (Lipinski definition) is 1. The van der Waals surface area contributed by atoms with E-state index in [2.05, 4.69) is 35.1 Å². The maximum Gasteiger partial charge on any atom is 0.251 e. The highest BCUT2D eigenvalue weighted by molar-refractivity contribution is 9.10. The summed E-state index contributed by atoms with van der Waals surface area (Å²) in [5.74, 6) is 0.412. The van der Waals surface area contributed by atoms with Gasteiger partial charge < -0.3 is 5.32 Å². The minimum absolute atomic E-state index is 0.0801. The van der Waals surface area contributed by atoms with Crippen LogP contribution in [0.3, 0.4) is 0 Å². The number of carbonyl (C=O) groups is 1. The topological polar surface area (TPSA) is 29.1 Å². The molecular formula is C12H15BrClNO. The maximum absolute atomic E-state index is 11.8. The molecule has 0 heterocycles.